The minimum atomic E-state index is -3.64. The molecule has 1 unspecified atom stereocenters. The molecule has 2 aliphatic heterocycles. The van der Waals surface area contributed by atoms with Gasteiger partial charge >= 0.3 is 6.03 Å². The van der Waals surface area contributed by atoms with Gasteiger partial charge in [-0.15, -0.1) is 0 Å². The summed E-state index contributed by atoms with van der Waals surface area (Å²) < 4.78 is 33.8. The average Bonchev–Trinajstić information content (AvgIpc) is 3.38. The highest BCUT2D eigenvalue weighted by atomic mass is 32.2. The number of aliphatic hydroxyl groups is 1. The Balaban J connectivity index is 1.02. The normalized spacial score (nSPS) is 17.9. The number of amides is 2. The van der Waals surface area contributed by atoms with Crippen LogP contribution in [0.3, 0.4) is 0 Å². The molecule has 3 aromatic carbocycles. The standard InChI is InChI=1S/C30H38N6O5S/c1-21-32-27-8-5-9-28(29(27)33-21)41-20-25(37)19-31-18-22-14-16-36(17-15-22)42(39,40)26-12-10-24(11-13-26)35-30(38)34-23-6-3-2-4-7-23/h2-13,21-22,25,31-33,37H,14-20H2,1H3,(H2,34,35,38)/t21?,25-/m0/s1. The molecular weight excluding hydrogens is 556 g/mol. The van der Waals surface area contributed by atoms with Gasteiger partial charge in [-0.1, -0.05) is 24.3 Å². The molecule has 2 heterocycles. The summed E-state index contributed by atoms with van der Waals surface area (Å²) in [7, 11) is -3.64. The molecule has 2 atom stereocenters. The van der Waals surface area contributed by atoms with Gasteiger partial charge in [-0.05, 0) is 80.8 Å². The molecule has 0 spiro atoms. The topological polar surface area (TPSA) is 144 Å². The van der Waals surface area contributed by atoms with Gasteiger partial charge in [0.25, 0.3) is 0 Å². The van der Waals surface area contributed by atoms with Crippen molar-refractivity contribution < 1.29 is 23.1 Å². The summed E-state index contributed by atoms with van der Waals surface area (Å²) in [5, 5.41) is 25.8. The molecule has 0 bridgehead atoms. The molecule has 0 aliphatic carbocycles. The lowest BCUT2D eigenvalue weighted by atomic mass is 9.98. The SMILES string of the molecule is CC1Nc2cccc(OC[C@@H](O)CNCC3CCN(S(=O)(=O)c4ccc(NC(=O)Nc5ccccc5)cc4)CC3)c2N1. The molecule has 11 nitrogen and oxygen atoms in total. The lowest BCUT2D eigenvalue weighted by Crippen LogP contribution is -2.42. The van der Waals surface area contributed by atoms with E-state index >= 15 is 0 Å². The van der Waals surface area contributed by atoms with Crippen LogP contribution in [0.25, 0.3) is 0 Å². The first kappa shape index (κ1) is 29.6. The second-order valence-electron chi connectivity index (χ2n) is 10.6. The van der Waals surface area contributed by atoms with Crippen LogP contribution in [0.2, 0.25) is 0 Å². The van der Waals surface area contributed by atoms with Crippen LogP contribution >= 0.6 is 0 Å². The van der Waals surface area contributed by atoms with Crippen molar-refractivity contribution in [3.63, 3.8) is 0 Å². The van der Waals surface area contributed by atoms with Gasteiger partial charge in [-0.3, -0.25) is 0 Å². The molecule has 3 aromatic rings. The zero-order chi connectivity index (χ0) is 29.5. The van der Waals surface area contributed by atoms with Crippen molar-refractivity contribution >= 4 is 38.8 Å². The molecule has 0 aromatic heterocycles. The number of carbonyl (C=O) groups is 1. The fourth-order valence-electron chi connectivity index (χ4n) is 5.13. The number of nitrogens with one attached hydrogen (secondary N) is 5. The highest BCUT2D eigenvalue weighted by molar-refractivity contribution is 7.89. The van der Waals surface area contributed by atoms with Crippen molar-refractivity contribution in [1.82, 2.24) is 9.62 Å². The minimum Gasteiger partial charge on any atom is -0.489 e. The van der Waals surface area contributed by atoms with Crippen LogP contribution in [0.1, 0.15) is 19.8 Å². The summed E-state index contributed by atoms with van der Waals surface area (Å²) in [6.45, 7) is 4.13. The van der Waals surface area contributed by atoms with Gasteiger partial charge in [0.05, 0.1) is 16.7 Å². The number of rotatable bonds is 11. The third kappa shape index (κ3) is 7.51. The Labute approximate surface area is 246 Å². The Morgan fingerprint density at radius 1 is 0.976 bits per heavy atom. The molecule has 42 heavy (non-hydrogen) atoms. The van der Waals surface area contributed by atoms with Gasteiger partial charge < -0.3 is 36.4 Å². The number of para-hydroxylation sites is 2. The third-order valence-corrected chi connectivity index (χ3v) is 9.27. The van der Waals surface area contributed by atoms with Gasteiger partial charge in [0.1, 0.15) is 24.1 Å². The molecule has 2 aliphatic rings. The molecule has 0 saturated carbocycles. The van der Waals surface area contributed by atoms with Crippen LogP contribution in [0, 0.1) is 5.92 Å². The summed E-state index contributed by atoms with van der Waals surface area (Å²) in [4.78, 5) is 12.4. The molecule has 0 radical (unpaired) electrons. The fraction of sp³-hybridized carbons (Fsp3) is 0.367. The number of benzene rings is 3. The lowest BCUT2D eigenvalue weighted by molar-refractivity contribution is 0.105. The van der Waals surface area contributed by atoms with Crippen LogP contribution in [0.4, 0.5) is 27.5 Å². The van der Waals surface area contributed by atoms with Gasteiger partial charge in [-0.25, -0.2) is 13.2 Å². The maximum atomic E-state index is 13.2. The predicted molar refractivity (Wildman–Crippen MR) is 165 cm³/mol. The van der Waals surface area contributed by atoms with E-state index in [0.29, 0.717) is 49.2 Å². The van der Waals surface area contributed by atoms with E-state index in [0.717, 1.165) is 24.2 Å². The van der Waals surface area contributed by atoms with Gasteiger partial charge in [0.2, 0.25) is 10.0 Å². The number of anilines is 4. The van der Waals surface area contributed by atoms with Crippen LogP contribution in [-0.2, 0) is 10.0 Å². The number of sulfonamides is 1. The number of hydrogen-bond acceptors (Lipinski definition) is 8. The summed E-state index contributed by atoms with van der Waals surface area (Å²) >= 11 is 0. The van der Waals surface area contributed by atoms with E-state index < -0.39 is 22.2 Å². The lowest BCUT2D eigenvalue weighted by Gasteiger charge is -2.31. The first-order valence-electron chi connectivity index (χ1n) is 14.2. The second-order valence-corrected chi connectivity index (χ2v) is 12.6. The monoisotopic (exact) mass is 594 g/mol. The van der Waals surface area contributed by atoms with Crippen molar-refractivity contribution in [1.29, 1.82) is 0 Å². The highest BCUT2D eigenvalue weighted by Gasteiger charge is 2.29. The Kier molecular flexibility index (Phi) is 9.48. The highest BCUT2D eigenvalue weighted by Crippen LogP contribution is 2.37. The van der Waals surface area contributed by atoms with Crippen LogP contribution in [-0.4, -0.2) is 68.9 Å². The second kappa shape index (κ2) is 13.4. The maximum absolute atomic E-state index is 13.2. The smallest absolute Gasteiger partial charge is 0.323 e. The summed E-state index contributed by atoms with van der Waals surface area (Å²) in [5.41, 5.74) is 3.05. The van der Waals surface area contributed by atoms with E-state index in [-0.39, 0.29) is 17.7 Å². The zero-order valence-corrected chi connectivity index (χ0v) is 24.4. The number of fused-ring (bicyclic) bond motifs is 1. The van der Waals surface area contributed by atoms with Crippen molar-refractivity contribution in [2.24, 2.45) is 5.92 Å². The number of nitrogens with zero attached hydrogens (tertiary/aromatic N) is 1. The maximum Gasteiger partial charge on any atom is 0.323 e. The Morgan fingerprint density at radius 3 is 2.38 bits per heavy atom. The number of carbonyl (C=O) groups excluding carboxylic acids is 1. The minimum absolute atomic E-state index is 0.126. The number of piperidine rings is 1. The average molecular weight is 595 g/mol. The van der Waals surface area contributed by atoms with Crippen molar-refractivity contribution in [2.75, 3.05) is 54.1 Å². The largest absolute Gasteiger partial charge is 0.489 e. The molecule has 1 saturated heterocycles. The molecular formula is C30H38N6O5S. The van der Waals surface area contributed by atoms with Gasteiger partial charge in [-0.2, -0.15) is 4.31 Å². The number of urea groups is 1. The Morgan fingerprint density at radius 2 is 1.67 bits per heavy atom. The molecule has 1 fully saturated rings. The van der Waals surface area contributed by atoms with E-state index in [1.165, 1.54) is 16.4 Å². The molecule has 6 N–H and O–H groups in total. The summed E-state index contributed by atoms with van der Waals surface area (Å²) in [6, 6.07) is 20.6. The molecule has 5 rings (SSSR count). The summed E-state index contributed by atoms with van der Waals surface area (Å²) in [6.07, 6.45) is 0.909. The van der Waals surface area contributed by atoms with Crippen molar-refractivity contribution in [3.05, 3.63) is 72.8 Å². The number of ether oxygens (including phenoxy) is 1. The van der Waals surface area contributed by atoms with E-state index in [1.807, 2.05) is 43.3 Å². The van der Waals surface area contributed by atoms with Crippen molar-refractivity contribution in [3.8, 4) is 5.75 Å². The van der Waals surface area contributed by atoms with E-state index in [1.54, 1.807) is 24.3 Å². The first-order valence-corrected chi connectivity index (χ1v) is 15.6. The quantitative estimate of drug-likeness (QED) is 0.196. The van der Waals surface area contributed by atoms with E-state index in [4.69, 9.17) is 4.74 Å². The van der Waals surface area contributed by atoms with Gasteiger partial charge in [0.15, 0.2) is 0 Å². The Hall–Kier alpha value is -3.84. The van der Waals surface area contributed by atoms with Crippen LogP contribution in [0.5, 0.6) is 5.75 Å². The van der Waals surface area contributed by atoms with E-state index in [2.05, 4.69) is 26.6 Å². The predicted octanol–water partition coefficient (Wildman–Crippen LogP) is 3.94. The number of hydrogen-bond donors (Lipinski definition) is 6. The summed E-state index contributed by atoms with van der Waals surface area (Å²) in [5.74, 6) is 1.02. The van der Waals surface area contributed by atoms with Crippen LogP contribution < -0.4 is 31.3 Å². The molecule has 12 heteroatoms. The third-order valence-electron chi connectivity index (χ3n) is 7.36. The van der Waals surface area contributed by atoms with E-state index in [9.17, 15) is 18.3 Å². The number of aliphatic hydroxyl groups excluding tert-OH is 1. The van der Waals surface area contributed by atoms with Gasteiger partial charge in [0, 0.05) is 31.0 Å². The Bertz CT molecular complexity index is 1450. The zero-order valence-electron chi connectivity index (χ0n) is 23.5. The first-order chi connectivity index (χ1) is 20.3. The fourth-order valence-corrected chi connectivity index (χ4v) is 6.60. The molecule has 224 valence electrons. The molecule has 2 amide bonds. The van der Waals surface area contributed by atoms with Crippen LogP contribution in [0.15, 0.2) is 77.7 Å². The van der Waals surface area contributed by atoms with Crippen molar-refractivity contribution in [2.45, 2.75) is 36.9 Å².